The van der Waals surface area contributed by atoms with Gasteiger partial charge in [-0.05, 0) is 45.3 Å². The maximum absolute atomic E-state index is 5.76. The summed E-state index contributed by atoms with van der Waals surface area (Å²) in [5, 5.41) is 6.75. The van der Waals surface area contributed by atoms with Crippen molar-refractivity contribution in [3.63, 3.8) is 0 Å². The van der Waals surface area contributed by atoms with Crippen LogP contribution in [0.1, 0.15) is 47.5 Å². The molecule has 0 saturated carbocycles. The number of hydrogen-bond acceptors (Lipinski definition) is 3. The van der Waals surface area contributed by atoms with E-state index in [1.807, 2.05) is 7.05 Å². The van der Waals surface area contributed by atoms with Crippen molar-refractivity contribution in [3.8, 4) is 0 Å². The molecule has 0 bridgehead atoms. The molecule has 0 aromatic heterocycles. The second-order valence-corrected chi connectivity index (χ2v) is 5.83. The standard InChI is InChI=1S/C17H38N4O.HI/c1-7-21(8-2)14-10-12-19-17(18-6)20-13-11-16(15(4)5)22-9-3;/h15-16H,7-14H2,1-6H3,(H2,18,19,20);1H. The van der Waals surface area contributed by atoms with E-state index >= 15 is 0 Å². The molecule has 1 atom stereocenters. The molecule has 0 fully saturated rings. The second kappa shape index (κ2) is 16.8. The van der Waals surface area contributed by atoms with Crippen molar-refractivity contribution in [1.82, 2.24) is 15.5 Å². The lowest BCUT2D eigenvalue weighted by Gasteiger charge is -2.22. The lowest BCUT2D eigenvalue weighted by Crippen LogP contribution is -2.40. The average Bonchev–Trinajstić information content (AvgIpc) is 2.52. The minimum Gasteiger partial charge on any atom is -0.378 e. The van der Waals surface area contributed by atoms with Crippen LogP contribution in [0.3, 0.4) is 0 Å². The van der Waals surface area contributed by atoms with Crippen molar-refractivity contribution in [2.45, 2.75) is 53.6 Å². The summed E-state index contributed by atoms with van der Waals surface area (Å²) in [6.07, 6.45) is 2.46. The lowest BCUT2D eigenvalue weighted by molar-refractivity contribution is 0.0258. The van der Waals surface area contributed by atoms with E-state index in [1.54, 1.807) is 0 Å². The van der Waals surface area contributed by atoms with E-state index in [-0.39, 0.29) is 24.0 Å². The summed E-state index contributed by atoms with van der Waals surface area (Å²) in [5.74, 6) is 1.43. The molecule has 1 unspecified atom stereocenters. The van der Waals surface area contributed by atoms with Crippen LogP contribution in [0.2, 0.25) is 0 Å². The van der Waals surface area contributed by atoms with Crippen LogP contribution in [0.15, 0.2) is 4.99 Å². The first-order valence-corrected chi connectivity index (χ1v) is 8.87. The topological polar surface area (TPSA) is 48.9 Å². The van der Waals surface area contributed by atoms with Gasteiger partial charge in [0.2, 0.25) is 0 Å². The molecule has 23 heavy (non-hydrogen) atoms. The number of nitrogens with one attached hydrogen (secondary N) is 2. The lowest BCUT2D eigenvalue weighted by atomic mass is 10.0. The van der Waals surface area contributed by atoms with Gasteiger partial charge in [0, 0.05) is 26.7 Å². The van der Waals surface area contributed by atoms with Crippen LogP contribution in [-0.4, -0.2) is 63.3 Å². The van der Waals surface area contributed by atoms with Gasteiger partial charge in [0.15, 0.2) is 5.96 Å². The second-order valence-electron chi connectivity index (χ2n) is 5.83. The van der Waals surface area contributed by atoms with Crippen LogP contribution < -0.4 is 10.6 Å². The average molecular weight is 442 g/mol. The van der Waals surface area contributed by atoms with Crippen molar-refractivity contribution in [2.24, 2.45) is 10.9 Å². The third-order valence-corrected chi connectivity index (χ3v) is 3.91. The fraction of sp³-hybridized carbons (Fsp3) is 0.941. The van der Waals surface area contributed by atoms with Crippen LogP contribution >= 0.6 is 24.0 Å². The van der Waals surface area contributed by atoms with Crippen molar-refractivity contribution in [3.05, 3.63) is 0 Å². The highest BCUT2D eigenvalue weighted by atomic mass is 127. The largest absolute Gasteiger partial charge is 0.378 e. The highest BCUT2D eigenvalue weighted by molar-refractivity contribution is 14.0. The zero-order valence-electron chi connectivity index (χ0n) is 16.0. The maximum Gasteiger partial charge on any atom is 0.190 e. The summed E-state index contributed by atoms with van der Waals surface area (Å²) >= 11 is 0. The quantitative estimate of drug-likeness (QED) is 0.211. The van der Waals surface area contributed by atoms with Gasteiger partial charge < -0.3 is 20.3 Å². The molecule has 0 aliphatic carbocycles. The van der Waals surface area contributed by atoms with Crippen molar-refractivity contribution >= 4 is 29.9 Å². The smallest absolute Gasteiger partial charge is 0.190 e. The molecule has 0 saturated heterocycles. The van der Waals surface area contributed by atoms with Gasteiger partial charge in [-0.25, -0.2) is 0 Å². The predicted octanol–water partition coefficient (Wildman–Crippen LogP) is 2.95. The Kier molecular flexibility index (Phi) is 18.3. The monoisotopic (exact) mass is 442 g/mol. The van der Waals surface area contributed by atoms with Gasteiger partial charge in [0.1, 0.15) is 0 Å². The Balaban J connectivity index is 0. The molecule has 6 heteroatoms. The summed E-state index contributed by atoms with van der Waals surface area (Å²) in [5.41, 5.74) is 0. The Bertz CT molecular complexity index is 284. The van der Waals surface area contributed by atoms with Crippen LogP contribution in [0, 0.1) is 5.92 Å². The Labute approximate surface area is 161 Å². The Morgan fingerprint density at radius 3 is 2.17 bits per heavy atom. The fourth-order valence-corrected chi connectivity index (χ4v) is 2.43. The first-order chi connectivity index (χ1) is 10.6. The fourth-order valence-electron chi connectivity index (χ4n) is 2.43. The van der Waals surface area contributed by atoms with E-state index in [9.17, 15) is 0 Å². The molecule has 0 aliphatic heterocycles. The van der Waals surface area contributed by atoms with Gasteiger partial charge in [-0.1, -0.05) is 27.7 Å². The van der Waals surface area contributed by atoms with Crippen LogP contribution in [0.4, 0.5) is 0 Å². The van der Waals surface area contributed by atoms with Gasteiger partial charge in [-0.2, -0.15) is 0 Å². The summed E-state index contributed by atoms with van der Waals surface area (Å²) in [7, 11) is 1.82. The van der Waals surface area contributed by atoms with Gasteiger partial charge in [-0.3, -0.25) is 4.99 Å². The van der Waals surface area contributed by atoms with Crippen LogP contribution in [0.5, 0.6) is 0 Å². The van der Waals surface area contributed by atoms with Gasteiger partial charge in [-0.15, -0.1) is 24.0 Å². The zero-order chi connectivity index (χ0) is 16.8. The molecular weight excluding hydrogens is 403 g/mol. The van der Waals surface area contributed by atoms with E-state index in [4.69, 9.17) is 4.74 Å². The highest BCUT2D eigenvalue weighted by Gasteiger charge is 2.12. The number of rotatable bonds is 12. The Morgan fingerprint density at radius 2 is 1.70 bits per heavy atom. The van der Waals surface area contributed by atoms with E-state index in [1.165, 1.54) is 0 Å². The van der Waals surface area contributed by atoms with E-state index in [0.29, 0.717) is 12.0 Å². The third-order valence-electron chi connectivity index (χ3n) is 3.91. The van der Waals surface area contributed by atoms with Gasteiger partial charge in [0.25, 0.3) is 0 Å². The molecule has 0 radical (unpaired) electrons. The molecule has 0 aromatic carbocycles. The van der Waals surface area contributed by atoms with Crippen LogP contribution in [0.25, 0.3) is 0 Å². The maximum atomic E-state index is 5.76. The van der Waals surface area contributed by atoms with E-state index in [0.717, 1.165) is 58.1 Å². The van der Waals surface area contributed by atoms with Crippen LogP contribution in [-0.2, 0) is 4.74 Å². The molecular formula is C17H39IN4O. The number of aliphatic imine (C=N–C) groups is 1. The molecule has 0 rings (SSSR count). The summed E-state index contributed by atoms with van der Waals surface area (Å²) in [4.78, 5) is 6.71. The minimum atomic E-state index is 0. The zero-order valence-corrected chi connectivity index (χ0v) is 18.4. The summed E-state index contributed by atoms with van der Waals surface area (Å²) in [6, 6.07) is 0. The predicted molar refractivity (Wildman–Crippen MR) is 112 cm³/mol. The Morgan fingerprint density at radius 1 is 1.09 bits per heavy atom. The SMILES string of the molecule is CCOC(CCNC(=NC)NCCCN(CC)CC)C(C)C.I. The van der Waals surface area contributed by atoms with Crippen molar-refractivity contribution < 1.29 is 4.74 Å². The highest BCUT2D eigenvalue weighted by Crippen LogP contribution is 2.09. The molecule has 0 spiro atoms. The number of ether oxygens (including phenoxy) is 1. The molecule has 0 aliphatic rings. The van der Waals surface area contributed by atoms with E-state index in [2.05, 4.69) is 55.1 Å². The minimum absolute atomic E-state index is 0. The first-order valence-electron chi connectivity index (χ1n) is 8.87. The molecule has 140 valence electrons. The van der Waals surface area contributed by atoms with E-state index < -0.39 is 0 Å². The normalized spacial score (nSPS) is 13.1. The number of hydrogen-bond donors (Lipinski definition) is 2. The summed E-state index contributed by atoms with van der Waals surface area (Å²) in [6.45, 7) is 16.9. The molecule has 2 N–H and O–H groups in total. The first kappa shape index (κ1) is 25.2. The molecule has 0 amide bonds. The molecule has 0 heterocycles. The molecule has 5 nitrogen and oxygen atoms in total. The number of halogens is 1. The van der Waals surface area contributed by atoms with Gasteiger partial charge in [0.05, 0.1) is 6.10 Å². The third kappa shape index (κ3) is 12.9. The number of guanidine groups is 1. The van der Waals surface area contributed by atoms with Crippen molar-refractivity contribution in [1.29, 1.82) is 0 Å². The van der Waals surface area contributed by atoms with Gasteiger partial charge >= 0.3 is 0 Å². The summed E-state index contributed by atoms with van der Waals surface area (Å²) < 4.78 is 5.76. The number of nitrogens with zero attached hydrogens (tertiary/aromatic N) is 2. The van der Waals surface area contributed by atoms with Crippen molar-refractivity contribution in [2.75, 3.05) is 46.4 Å². The molecule has 0 aromatic rings. The Hall–Kier alpha value is -0.0800.